The lowest BCUT2D eigenvalue weighted by molar-refractivity contribution is 0.102. The summed E-state index contributed by atoms with van der Waals surface area (Å²) in [6.07, 6.45) is 1.86. The SMILES string of the molecule is Cc1ccn2c(NC(=O)c3cccc(Br)c3)c(-c3ccc(F)cc3)nc2c1. The van der Waals surface area contributed by atoms with E-state index in [2.05, 4.69) is 26.2 Å². The van der Waals surface area contributed by atoms with Crippen molar-refractivity contribution in [1.29, 1.82) is 0 Å². The molecule has 0 bridgehead atoms. The summed E-state index contributed by atoms with van der Waals surface area (Å²) in [5.41, 5.74) is 3.60. The van der Waals surface area contributed by atoms with Crippen LogP contribution in [0.15, 0.2) is 71.3 Å². The number of amides is 1. The maximum Gasteiger partial charge on any atom is 0.256 e. The van der Waals surface area contributed by atoms with Gasteiger partial charge in [-0.25, -0.2) is 9.37 Å². The Hall–Kier alpha value is -2.99. The number of benzene rings is 2. The lowest BCUT2D eigenvalue weighted by atomic mass is 10.1. The molecule has 0 aliphatic rings. The molecule has 1 N–H and O–H groups in total. The topological polar surface area (TPSA) is 46.4 Å². The number of hydrogen-bond acceptors (Lipinski definition) is 2. The first-order chi connectivity index (χ1) is 13.0. The fraction of sp³-hybridized carbons (Fsp3) is 0.0476. The van der Waals surface area contributed by atoms with Crippen LogP contribution in [0.4, 0.5) is 10.2 Å². The molecule has 0 spiro atoms. The zero-order valence-corrected chi connectivity index (χ0v) is 16.0. The molecule has 0 saturated heterocycles. The summed E-state index contributed by atoms with van der Waals surface area (Å²) in [4.78, 5) is 17.4. The van der Waals surface area contributed by atoms with Crippen LogP contribution in [0.25, 0.3) is 16.9 Å². The number of fused-ring (bicyclic) bond motifs is 1. The molecule has 0 aliphatic heterocycles. The van der Waals surface area contributed by atoms with Gasteiger partial charge in [-0.15, -0.1) is 0 Å². The molecule has 4 aromatic rings. The highest BCUT2D eigenvalue weighted by Gasteiger charge is 2.17. The van der Waals surface area contributed by atoms with Gasteiger partial charge in [-0.2, -0.15) is 0 Å². The van der Waals surface area contributed by atoms with Crippen LogP contribution in [0.3, 0.4) is 0 Å². The van der Waals surface area contributed by atoms with Crippen molar-refractivity contribution >= 4 is 33.3 Å². The van der Waals surface area contributed by atoms with Crippen LogP contribution in [0.2, 0.25) is 0 Å². The Morgan fingerprint density at radius 3 is 2.63 bits per heavy atom. The molecule has 6 heteroatoms. The molecule has 0 fully saturated rings. The Morgan fingerprint density at radius 2 is 1.89 bits per heavy atom. The predicted octanol–water partition coefficient (Wildman–Crippen LogP) is 5.46. The van der Waals surface area contributed by atoms with Crippen LogP contribution in [0, 0.1) is 12.7 Å². The summed E-state index contributed by atoms with van der Waals surface area (Å²) < 4.78 is 16.0. The van der Waals surface area contributed by atoms with Gasteiger partial charge in [0, 0.05) is 21.8 Å². The fourth-order valence-corrected chi connectivity index (χ4v) is 3.28. The monoisotopic (exact) mass is 423 g/mol. The predicted molar refractivity (Wildman–Crippen MR) is 107 cm³/mol. The molecule has 2 heterocycles. The second kappa shape index (κ2) is 6.96. The van der Waals surface area contributed by atoms with Gasteiger partial charge in [-0.3, -0.25) is 9.20 Å². The Bertz CT molecular complexity index is 1150. The molecule has 0 atom stereocenters. The highest BCUT2D eigenvalue weighted by molar-refractivity contribution is 9.10. The van der Waals surface area contributed by atoms with Crippen molar-refractivity contribution in [3.8, 4) is 11.3 Å². The van der Waals surface area contributed by atoms with Crippen LogP contribution < -0.4 is 5.32 Å². The molecular weight excluding hydrogens is 409 g/mol. The number of pyridine rings is 1. The number of rotatable bonds is 3. The second-order valence-electron chi connectivity index (χ2n) is 6.21. The molecule has 1 amide bonds. The lowest BCUT2D eigenvalue weighted by Gasteiger charge is -2.08. The number of carbonyl (C=O) groups excluding carboxylic acids is 1. The summed E-state index contributed by atoms with van der Waals surface area (Å²) in [5.74, 6) is -0.0262. The maximum atomic E-state index is 13.3. The minimum absolute atomic E-state index is 0.248. The smallest absolute Gasteiger partial charge is 0.256 e. The minimum Gasteiger partial charge on any atom is -0.306 e. The van der Waals surface area contributed by atoms with Gasteiger partial charge in [0.05, 0.1) is 0 Å². The number of aryl methyl sites for hydroxylation is 1. The highest BCUT2D eigenvalue weighted by Crippen LogP contribution is 2.30. The van der Waals surface area contributed by atoms with Crippen molar-refractivity contribution in [2.75, 3.05) is 5.32 Å². The number of carbonyl (C=O) groups is 1. The van der Waals surface area contributed by atoms with Gasteiger partial charge in [-0.1, -0.05) is 22.0 Å². The van der Waals surface area contributed by atoms with E-state index in [9.17, 15) is 9.18 Å². The van der Waals surface area contributed by atoms with Crippen LogP contribution in [0.1, 0.15) is 15.9 Å². The molecule has 2 aromatic carbocycles. The minimum atomic E-state index is -0.321. The van der Waals surface area contributed by atoms with E-state index in [1.54, 1.807) is 30.3 Å². The molecule has 4 rings (SSSR count). The van der Waals surface area contributed by atoms with E-state index in [1.807, 2.05) is 35.7 Å². The molecule has 134 valence electrons. The molecule has 2 aromatic heterocycles. The number of halogens is 2. The highest BCUT2D eigenvalue weighted by atomic mass is 79.9. The number of hydrogen-bond donors (Lipinski definition) is 1. The van der Waals surface area contributed by atoms with Gasteiger partial charge in [0.25, 0.3) is 5.91 Å². The molecular formula is C21H15BrFN3O. The summed E-state index contributed by atoms with van der Waals surface area (Å²) in [5, 5.41) is 2.96. The number of anilines is 1. The van der Waals surface area contributed by atoms with Crippen LogP contribution in [0.5, 0.6) is 0 Å². The third-order valence-electron chi connectivity index (χ3n) is 4.22. The van der Waals surface area contributed by atoms with E-state index in [-0.39, 0.29) is 11.7 Å². The number of aromatic nitrogens is 2. The van der Waals surface area contributed by atoms with Crippen molar-refractivity contribution in [2.45, 2.75) is 6.92 Å². The third kappa shape index (κ3) is 3.48. The molecule has 0 aliphatic carbocycles. The molecule has 27 heavy (non-hydrogen) atoms. The molecule has 0 radical (unpaired) electrons. The molecule has 0 unspecified atom stereocenters. The number of nitrogens with zero attached hydrogens (tertiary/aromatic N) is 2. The molecule has 0 saturated carbocycles. The fourth-order valence-electron chi connectivity index (χ4n) is 2.88. The maximum absolute atomic E-state index is 13.3. The second-order valence-corrected chi connectivity index (χ2v) is 7.13. The zero-order valence-electron chi connectivity index (χ0n) is 14.4. The molecule has 4 nitrogen and oxygen atoms in total. The van der Waals surface area contributed by atoms with Gasteiger partial charge in [0.15, 0.2) is 0 Å². The van der Waals surface area contributed by atoms with Crippen molar-refractivity contribution in [1.82, 2.24) is 9.38 Å². The quantitative estimate of drug-likeness (QED) is 0.475. The van der Waals surface area contributed by atoms with Crippen LogP contribution in [-0.2, 0) is 0 Å². The normalized spacial score (nSPS) is 10.9. The average molecular weight is 424 g/mol. The standard InChI is InChI=1S/C21H15BrFN3O/c1-13-9-10-26-18(11-13)24-19(14-5-7-17(23)8-6-14)20(26)25-21(27)15-3-2-4-16(22)12-15/h2-12H,1H3,(H,25,27). The van der Waals surface area contributed by atoms with Crippen molar-refractivity contribution in [2.24, 2.45) is 0 Å². The number of nitrogens with one attached hydrogen (secondary N) is 1. The third-order valence-corrected chi connectivity index (χ3v) is 4.71. The first kappa shape index (κ1) is 17.4. The van der Waals surface area contributed by atoms with Gasteiger partial charge in [0.1, 0.15) is 23.0 Å². The van der Waals surface area contributed by atoms with Crippen LogP contribution >= 0.6 is 15.9 Å². The average Bonchev–Trinajstić information content (AvgIpc) is 2.99. The largest absolute Gasteiger partial charge is 0.306 e. The Balaban J connectivity index is 1.83. The first-order valence-corrected chi connectivity index (χ1v) is 9.12. The van der Waals surface area contributed by atoms with Gasteiger partial charge in [-0.05, 0) is 67.1 Å². The van der Waals surface area contributed by atoms with E-state index in [4.69, 9.17) is 0 Å². The summed E-state index contributed by atoms with van der Waals surface area (Å²) in [7, 11) is 0. The first-order valence-electron chi connectivity index (χ1n) is 8.33. The summed E-state index contributed by atoms with van der Waals surface area (Å²) in [6, 6.07) is 17.1. The van der Waals surface area contributed by atoms with Crippen molar-refractivity contribution < 1.29 is 9.18 Å². The number of imidazole rings is 1. The van der Waals surface area contributed by atoms with E-state index in [0.717, 1.165) is 15.6 Å². The van der Waals surface area contributed by atoms with E-state index in [1.165, 1.54) is 12.1 Å². The Kier molecular flexibility index (Phi) is 4.49. The Morgan fingerprint density at radius 1 is 1.11 bits per heavy atom. The zero-order chi connectivity index (χ0) is 19.0. The van der Waals surface area contributed by atoms with Gasteiger partial charge in [0.2, 0.25) is 0 Å². The van der Waals surface area contributed by atoms with E-state index >= 15 is 0 Å². The van der Waals surface area contributed by atoms with Gasteiger partial charge < -0.3 is 5.32 Å². The van der Waals surface area contributed by atoms with Crippen LogP contribution in [-0.4, -0.2) is 15.3 Å². The Labute approximate surface area is 163 Å². The summed E-state index contributed by atoms with van der Waals surface area (Å²) >= 11 is 3.38. The van der Waals surface area contributed by atoms with Crippen molar-refractivity contribution in [3.63, 3.8) is 0 Å². The lowest BCUT2D eigenvalue weighted by Crippen LogP contribution is -2.14. The van der Waals surface area contributed by atoms with E-state index < -0.39 is 0 Å². The van der Waals surface area contributed by atoms with Gasteiger partial charge >= 0.3 is 0 Å². The summed E-state index contributed by atoms with van der Waals surface area (Å²) in [6.45, 7) is 1.98. The van der Waals surface area contributed by atoms with Crippen molar-refractivity contribution in [3.05, 3.63) is 88.3 Å². The van der Waals surface area contributed by atoms with E-state index in [0.29, 0.717) is 22.7 Å².